The maximum Gasteiger partial charge on any atom is 0.303 e. The Morgan fingerprint density at radius 3 is 2.71 bits per heavy atom. The molecule has 0 spiro atoms. The predicted molar refractivity (Wildman–Crippen MR) is 74.7 cm³/mol. The largest absolute Gasteiger partial charge is 0.481 e. The fourth-order valence-corrected chi connectivity index (χ4v) is 1.46. The van der Waals surface area contributed by atoms with Gasteiger partial charge in [0.15, 0.2) is 0 Å². The van der Waals surface area contributed by atoms with Crippen molar-refractivity contribution in [3.05, 3.63) is 41.9 Å². The van der Waals surface area contributed by atoms with E-state index in [1.54, 1.807) is 18.5 Å². The summed E-state index contributed by atoms with van der Waals surface area (Å²) in [6.45, 7) is 0.689. The molecule has 1 heterocycles. The molecule has 0 atom stereocenters. The third-order valence-corrected chi connectivity index (χ3v) is 2.52. The summed E-state index contributed by atoms with van der Waals surface area (Å²) in [5, 5.41) is 22.8. The highest BCUT2D eigenvalue weighted by molar-refractivity contribution is 5.97. The van der Waals surface area contributed by atoms with Crippen molar-refractivity contribution >= 4 is 11.9 Å². The number of hydrogen-bond donors (Lipinski definition) is 3. The van der Waals surface area contributed by atoms with Crippen LogP contribution in [0.1, 0.15) is 18.4 Å². The van der Waals surface area contributed by atoms with E-state index in [1.165, 1.54) is 6.20 Å². The van der Waals surface area contributed by atoms with E-state index < -0.39 is 11.9 Å². The van der Waals surface area contributed by atoms with Crippen LogP contribution in [0.15, 0.2) is 36.3 Å². The number of nitriles is 1. The van der Waals surface area contributed by atoms with Gasteiger partial charge in [-0.25, -0.2) is 0 Å². The van der Waals surface area contributed by atoms with Gasteiger partial charge in [0.25, 0.3) is 5.91 Å². The average Bonchev–Trinajstić information content (AvgIpc) is 2.49. The van der Waals surface area contributed by atoms with Crippen LogP contribution in [0.25, 0.3) is 0 Å². The third kappa shape index (κ3) is 6.73. The van der Waals surface area contributed by atoms with Crippen molar-refractivity contribution in [2.24, 2.45) is 0 Å². The molecule has 1 rings (SSSR count). The molecule has 1 amide bonds. The van der Waals surface area contributed by atoms with Crippen molar-refractivity contribution in [3.63, 3.8) is 0 Å². The first kappa shape index (κ1) is 16.2. The second-order valence-corrected chi connectivity index (χ2v) is 4.16. The molecule has 21 heavy (non-hydrogen) atoms. The van der Waals surface area contributed by atoms with Gasteiger partial charge >= 0.3 is 5.97 Å². The molecule has 0 aliphatic rings. The van der Waals surface area contributed by atoms with Gasteiger partial charge in [0, 0.05) is 38.1 Å². The molecule has 0 saturated heterocycles. The second-order valence-electron chi connectivity index (χ2n) is 4.16. The molecular weight excluding hydrogens is 272 g/mol. The van der Waals surface area contributed by atoms with Gasteiger partial charge in [0.1, 0.15) is 11.6 Å². The van der Waals surface area contributed by atoms with E-state index in [0.29, 0.717) is 13.0 Å². The minimum atomic E-state index is -0.917. The molecular formula is C14H16N4O3. The number of carboxylic acid groups (broad SMARTS) is 1. The number of carbonyl (C=O) groups excluding carboxylic acids is 1. The van der Waals surface area contributed by atoms with E-state index in [-0.39, 0.29) is 18.5 Å². The molecule has 0 unspecified atom stereocenters. The Kier molecular flexibility index (Phi) is 7.00. The van der Waals surface area contributed by atoms with Gasteiger partial charge in [0.2, 0.25) is 0 Å². The van der Waals surface area contributed by atoms with Crippen LogP contribution >= 0.6 is 0 Å². The van der Waals surface area contributed by atoms with E-state index >= 15 is 0 Å². The second kappa shape index (κ2) is 9.09. The summed E-state index contributed by atoms with van der Waals surface area (Å²) >= 11 is 0. The molecule has 1 aromatic rings. The molecule has 7 nitrogen and oxygen atoms in total. The highest BCUT2D eigenvalue weighted by Crippen LogP contribution is 1.97. The van der Waals surface area contributed by atoms with Gasteiger partial charge in [-0.2, -0.15) is 5.26 Å². The number of hydrogen-bond acceptors (Lipinski definition) is 5. The number of nitrogens with zero attached hydrogens (tertiary/aromatic N) is 2. The number of aromatic nitrogens is 1. The number of rotatable bonds is 8. The predicted octanol–water partition coefficient (Wildman–Crippen LogP) is 0.560. The minimum absolute atomic E-state index is 0.0217. The van der Waals surface area contributed by atoms with Gasteiger partial charge in [0.05, 0.1) is 0 Å². The number of pyridine rings is 1. The summed E-state index contributed by atoms with van der Waals surface area (Å²) in [6, 6.07) is 5.43. The monoisotopic (exact) mass is 288 g/mol. The lowest BCUT2D eigenvalue weighted by Crippen LogP contribution is -2.27. The number of amides is 1. The van der Waals surface area contributed by atoms with Crippen molar-refractivity contribution in [1.29, 1.82) is 5.26 Å². The third-order valence-electron chi connectivity index (χ3n) is 2.52. The summed E-state index contributed by atoms with van der Waals surface area (Å²) < 4.78 is 0. The summed E-state index contributed by atoms with van der Waals surface area (Å²) in [7, 11) is 0. The lowest BCUT2D eigenvalue weighted by Gasteiger charge is -2.04. The van der Waals surface area contributed by atoms with Crippen LogP contribution in [0.5, 0.6) is 0 Å². The Bertz CT molecular complexity index is 549. The van der Waals surface area contributed by atoms with Crippen LogP contribution in [-0.2, 0) is 16.1 Å². The summed E-state index contributed by atoms with van der Waals surface area (Å²) in [6.07, 6.45) is 4.95. The Hall–Kier alpha value is -2.88. The van der Waals surface area contributed by atoms with Gasteiger partial charge < -0.3 is 15.7 Å². The van der Waals surface area contributed by atoms with Crippen molar-refractivity contribution in [2.75, 3.05) is 6.54 Å². The quantitative estimate of drug-likeness (QED) is 0.366. The fourth-order valence-electron chi connectivity index (χ4n) is 1.46. The van der Waals surface area contributed by atoms with Crippen LogP contribution in [0.3, 0.4) is 0 Å². The lowest BCUT2D eigenvalue weighted by molar-refractivity contribution is -0.137. The van der Waals surface area contributed by atoms with Crippen LogP contribution in [-0.4, -0.2) is 28.5 Å². The van der Waals surface area contributed by atoms with E-state index in [1.807, 2.05) is 12.1 Å². The normalized spacial score (nSPS) is 10.5. The number of carboxylic acids is 1. The van der Waals surface area contributed by atoms with Crippen LogP contribution in [0, 0.1) is 11.3 Å². The Morgan fingerprint density at radius 2 is 2.10 bits per heavy atom. The molecule has 0 aromatic carbocycles. The van der Waals surface area contributed by atoms with Gasteiger partial charge in [-0.15, -0.1) is 0 Å². The Labute approximate surface area is 122 Å². The molecule has 110 valence electrons. The standard InChI is InChI=1S/C14H16N4O3/c15-8-12(14(21)18-5-1-2-13(19)20)10-17-9-11-3-6-16-7-4-11/h3-4,6-7,10,17H,1-2,5,9H2,(H,18,21)(H,19,20)/b12-10-. The Morgan fingerprint density at radius 1 is 1.38 bits per heavy atom. The zero-order valence-electron chi connectivity index (χ0n) is 11.4. The highest BCUT2D eigenvalue weighted by Gasteiger charge is 2.08. The molecule has 0 fully saturated rings. The Balaban J connectivity index is 2.38. The van der Waals surface area contributed by atoms with Crippen molar-refractivity contribution in [3.8, 4) is 6.07 Å². The minimum Gasteiger partial charge on any atom is -0.481 e. The molecule has 0 aliphatic carbocycles. The van der Waals surface area contributed by atoms with E-state index in [4.69, 9.17) is 10.4 Å². The first-order chi connectivity index (χ1) is 10.1. The SMILES string of the molecule is N#C/C(=C/NCc1ccncc1)C(=O)NCCCC(=O)O. The molecule has 0 radical (unpaired) electrons. The van der Waals surface area contributed by atoms with E-state index in [9.17, 15) is 9.59 Å². The molecule has 3 N–H and O–H groups in total. The van der Waals surface area contributed by atoms with Crippen molar-refractivity contribution in [2.45, 2.75) is 19.4 Å². The summed E-state index contributed by atoms with van der Waals surface area (Å²) in [5.74, 6) is -1.44. The van der Waals surface area contributed by atoms with Gasteiger partial charge in [-0.05, 0) is 24.1 Å². The van der Waals surface area contributed by atoms with Gasteiger partial charge in [-0.3, -0.25) is 14.6 Å². The van der Waals surface area contributed by atoms with Gasteiger partial charge in [-0.1, -0.05) is 0 Å². The number of aliphatic carboxylic acids is 1. The molecule has 0 saturated carbocycles. The molecule has 7 heteroatoms. The highest BCUT2D eigenvalue weighted by atomic mass is 16.4. The summed E-state index contributed by atoms with van der Waals surface area (Å²) in [4.78, 5) is 25.9. The molecule has 0 aliphatic heterocycles. The van der Waals surface area contributed by atoms with Crippen LogP contribution in [0.4, 0.5) is 0 Å². The van der Waals surface area contributed by atoms with Crippen molar-refractivity contribution < 1.29 is 14.7 Å². The first-order valence-corrected chi connectivity index (χ1v) is 6.36. The number of carbonyl (C=O) groups is 2. The zero-order chi connectivity index (χ0) is 15.5. The van der Waals surface area contributed by atoms with Crippen LogP contribution in [0.2, 0.25) is 0 Å². The summed E-state index contributed by atoms with van der Waals surface area (Å²) in [5.41, 5.74) is 0.916. The average molecular weight is 288 g/mol. The van der Waals surface area contributed by atoms with Crippen molar-refractivity contribution in [1.82, 2.24) is 15.6 Å². The molecule has 1 aromatic heterocycles. The van der Waals surface area contributed by atoms with Crippen LogP contribution < -0.4 is 10.6 Å². The first-order valence-electron chi connectivity index (χ1n) is 6.36. The van der Waals surface area contributed by atoms with E-state index in [0.717, 1.165) is 5.56 Å². The fraction of sp³-hybridized carbons (Fsp3) is 0.286. The smallest absolute Gasteiger partial charge is 0.303 e. The maximum absolute atomic E-state index is 11.7. The zero-order valence-corrected chi connectivity index (χ0v) is 11.4. The number of nitrogens with one attached hydrogen (secondary N) is 2. The van der Waals surface area contributed by atoms with E-state index in [2.05, 4.69) is 15.6 Å². The maximum atomic E-state index is 11.7. The lowest BCUT2D eigenvalue weighted by atomic mass is 10.2. The molecule has 0 bridgehead atoms. The topological polar surface area (TPSA) is 115 Å².